The van der Waals surface area contributed by atoms with Crippen LogP contribution in [0.4, 0.5) is 0 Å². The number of aryl methyl sites for hydroxylation is 3. The molecule has 2 rings (SSSR count). The topological polar surface area (TPSA) is 24.9 Å². The number of hydrogen-bond donors (Lipinski definition) is 1. The first-order valence-corrected chi connectivity index (χ1v) is 6.78. The monoisotopic (exact) mass is 254 g/mol. The van der Waals surface area contributed by atoms with Crippen molar-refractivity contribution in [3.05, 3.63) is 64.5 Å². The quantitative estimate of drug-likeness (QED) is 0.896. The van der Waals surface area contributed by atoms with E-state index < -0.39 is 0 Å². The highest BCUT2D eigenvalue weighted by Crippen LogP contribution is 2.18. The van der Waals surface area contributed by atoms with Gasteiger partial charge in [-0.15, -0.1) is 0 Å². The second-order valence-corrected chi connectivity index (χ2v) is 5.27. The number of rotatable bonds is 4. The van der Waals surface area contributed by atoms with Gasteiger partial charge in [0.2, 0.25) is 0 Å². The van der Waals surface area contributed by atoms with Crippen LogP contribution in [0.1, 0.15) is 40.8 Å². The number of pyridine rings is 1. The van der Waals surface area contributed by atoms with Gasteiger partial charge in [0.1, 0.15) is 0 Å². The maximum Gasteiger partial charge on any atom is 0.0315 e. The van der Waals surface area contributed by atoms with E-state index in [-0.39, 0.29) is 0 Å². The molecule has 1 aromatic carbocycles. The van der Waals surface area contributed by atoms with Gasteiger partial charge >= 0.3 is 0 Å². The minimum absolute atomic E-state index is 0.314. The Labute approximate surface area is 115 Å². The molecular formula is C17H22N2. The first kappa shape index (κ1) is 13.8. The molecule has 2 aromatic rings. The van der Waals surface area contributed by atoms with Gasteiger partial charge in [0.15, 0.2) is 0 Å². The summed E-state index contributed by atoms with van der Waals surface area (Å²) >= 11 is 0. The molecule has 2 heteroatoms. The summed E-state index contributed by atoms with van der Waals surface area (Å²) in [6.07, 6.45) is 3.73. The van der Waals surface area contributed by atoms with Gasteiger partial charge in [0.25, 0.3) is 0 Å². The molecule has 0 fully saturated rings. The van der Waals surface area contributed by atoms with Crippen LogP contribution in [0.5, 0.6) is 0 Å². The van der Waals surface area contributed by atoms with E-state index in [9.17, 15) is 0 Å². The average molecular weight is 254 g/mol. The molecule has 0 bridgehead atoms. The van der Waals surface area contributed by atoms with E-state index in [4.69, 9.17) is 0 Å². The van der Waals surface area contributed by atoms with Crippen molar-refractivity contribution in [3.63, 3.8) is 0 Å². The van der Waals surface area contributed by atoms with Crippen LogP contribution in [0.15, 0.2) is 36.7 Å². The van der Waals surface area contributed by atoms with E-state index in [1.165, 1.54) is 27.8 Å². The van der Waals surface area contributed by atoms with Crippen LogP contribution in [-0.2, 0) is 6.54 Å². The lowest BCUT2D eigenvalue weighted by Crippen LogP contribution is -2.19. The molecule has 100 valence electrons. The minimum atomic E-state index is 0.314. The van der Waals surface area contributed by atoms with Crippen LogP contribution in [0, 0.1) is 20.8 Å². The van der Waals surface area contributed by atoms with Gasteiger partial charge < -0.3 is 5.32 Å². The molecule has 19 heavy (non-hydrogen) atoms. The molecule has 0 radical (unpaired) electrons. The van der Waals surface area contributed by atoms with Crippen LogP contribution in [0.25, 0.3) is 0 Å². The fourth-order valence-electron chi connectivity index (χ4n) is 2.49. The fourth-order valence-corrected chi connectivity index (χ4v) is 2.49. The summed E-state index contributed by atoms with van der Waals surface area (Å²) in [5, 5.41) is 3.58. The normalized spacial score (nSPS) is 12.4. The van der Waals surface area contributed by atoms with E-state index in [1.54, 1.807) is 0 Å². The molecule has 0 amide bonds. The smallest absolute Gasteiger partial charge is 0.0315 e. The predicted molar refractivity (Wildman–Crippen MR) is 80.1 cm³/mol. The van der Waals surface area contributed by atoms with Crippen molar-refractivity contribution in [3.8, 4) is 0 Å². The molecule has 2 nitrogen and oxygen atoms in total. The standard InChI is InChI=1S/C17H22N2/c1-12-8-13(2)17(14(3)9-12)11-19-15(4)16-6-5-7-18-10-16/h5-10,15,19H,11H2,1-4H3/t15-/m1/s1. The van der Waals surface area contributed by atoms with Crippen LogP contribution < -0.4 is 5.32 Å². The number of nitrogens with one attached hydrogen (secondary N) is 1. The number of benzene rings is 1. The van der Waals surface area contributed by atoms with Gasteiger partial charge in [-0.2, -0.15) is 0 Å². The Morgan fingerprint density at radius 1 is 1.16 bits per heavy atom. The third-order valence-corrected chi connectivity index (χ3v) is 3.61. The number of hydrogen-bond acceptors (Lipinski definition) is 2. The first-order chi connectivity index (χ1) is 9.08. The minimum Gasteiger partial charge on any atom is -0.306 e. The van der Waals surface area contributed by atoms with Crippen molar-refractivity contribution in [2.75, 3.05) is 0 Å². The van der Waals surface area contributed by atoms with Crippen LogP contribution in [-0.4, -0.2) is 4.98 Å². The molecule has 1 heterocycles. The Hall–Kier alpha value is -1.67. The van der Waals surface area contributed by atoms with Gasteiger partial charge in [-0.25, -0.2) is 0 Å². The molecule has 0 aliphatic carbocycles. The van der Waals surface area contributed by atoms with E-state index in [0.29, 0.717) is 6.04 Å². The van der Waals surface area contributed by atoms with Crippen molar-refractivity contribution in [2.45, 2.75) is 40.3 Å². The maximum absolute atomic E-state index is 4.17. The van der Waals surface area contributed by atoms with Crippen molar-refractivity contribution < 1.29 is 0 Å². The fraction of sp³-hybridized carbons (Fsp3) is 0.353. The molecule has 0 aliphatic rings. The Bertz CT molecular complexity index is 523. The van der Waals surface area contributed by atoms with Crippen LogP contribution >= 0.6 is 0 Å². The molecule has 1 N–H and O–H groups in total. The summed E-state index contributed by atoms with van der Waals surface area (Å²) in [4.78, 5) is 4.17. The summed E-state index contributed by atoms with van der Waals surface area (Å²) in [7, 11) is 0. The van der Waals surface area contributed by atoms with Gasteiger partial charge in [0, 0.05) is 25.0 Å². The Morgan fingerprint density at radius 2 is 1.84 bits per heavy atom. The molecule has 0 saturated carbocycles. The Kier molecular flexibility index (Phi) is 4.33. The van der Waals surface area contributed by atoms with Crippen molar-refractivity contribution in [1.29, 1.82) is 0 Å². The van der Waals surface area contributed by atoms with Gasteiger partial charge in [-0.1, -0.05) is 23.8 Å². The second-order valence-electron chi connectivity index (χ2n) is 5.27. The third kappa shape index (κ3) is 3.42. The highest BCUT2D eigenvalue weighted by atomic mass is 14.9. The van der Waals surface area contributed by atoms with Crippen molar-refractivity contribution in [2.24, 2.45) is 0 Å². The molecule has 0 saturated heterocycles. The largest absolute Gasteiger partial charge is 0.306 e. The lowest BCUT2D eigenvalue weighted by Gasteiger charge is -2.17. The number of aromatic nitrogens is 1. The maximum atomic E-state index is 4.17. The molecule has 1 atom stereocenters. The molecule has 0 spiro atoms. The third-order valence-electron chi connectivity index (χ3n) is 3.61. The van der Waals surface area contributed by atoms with E-state index in [1.807, 2.05) is 18.5 Å². The summed E-state index contributed by atoms with van der Waals surface area (Å²) < 4.78 is 0. The first-order valence-electron chi connectivity index (χ1n) is 6.78. The summed E-state index contributed by atoms with van der Waals surface area (Å²) in [6.45, 7) is 9.59. The summed E-state index contributed by atoms with van der Waals surface area (Å²) in [5.41, 5.74) is 6.69. The van der Waals surface area contributed by atoms with E-state index in [2.05, 4.69) is 56.2 Å². The Morgan fingerprint density at radius 3 is 2.42 bits per heavy atom. The molecular weight excluding hydrogens is 232 g/mol. The second kappa shape index (κ2) is 5.98. The lowest BCUT2D eigenvalue weighted by atomic mass is 9.99. The Balaban J connectivity index is 2.07. The predicted octanol–water partition coefficient (Wildman–Crippen LogP) is 3.86. The van der Waals surface area contributed by atoms with Crippen LogP contribution in [0.2, 0.25) is 0 Å². The zero-order valence-corrected chi connectivity index (χ0v) is 12.2. The van der Waals surface area contributed by atoms with Crippen molar-refractivity contribution in [1.82, 2.24) is 10.3 Å². The number of nitrogens with zero attached hydrogens (tertiary/aromatic N) is 1. The van der Waals surface area contributed by atoms with Gasteiger partial charge in [-0.3, -0.25) is 4.98 Å². The summed E-state index contributed by atoms with van der Waals surface area (Å²) in [6, 6.07) is 8.90. The van der Waals surface area contributed by atoms with Crippen molar-refractivity contribution >= 4 is 0 Å². The van der Waals surface area contributed by atoms with E-state index >= 15 is 0 Å². The van der Waals surface area contributed by atoms with E-state index in [0.717, 1.165) is 6.54 Å². The average Bonchev–Trinajstić information content (AvgIpc) is 2.38. The summed E-state index contributed by atoms with van der Waals surface area (Å²) in [5.74, 6) is 0. The van der Waals surface area contributed by atoms with Gasteiger partial charge in [0.05, 0.1) is 0 Å². The molecule has 1 aromatic heterocycles. The highest BCUT2D eigenvalue weighted by molar-refractivity contribution is 5.37. The highest BCUT2D eigenvalue weighted by Gasteiger charge is 2.08. The SMILES string of the molecule is Cc1cc(C)c(CN[C@H](C)c2cccnc2)c(C)c1. The zero-order valence-electron chi connectivity index (χ0n) is 12.2. The van der Waals surface area contributed by atoms with Crippen LogP contribution in [0.3, 0.4) is 0 Å². The zero-order chi connectivity index (χ0) is 13.8. The molecule has 0 unspecified atom stereocenters. The molecule has 0 aliphatic heterocycles. The lowest BCUT2D eigenvalue weighted by molar-refractivity contribution is 0.570. The van der Waals surface area contributed by atoms with Gasteiger partial charge in [-0.05, 0) is 56.0 Å².